The van der Waals surface area contributed by atoms with Crippen molar-refractivity contribution in [3.05, 3.63) is 16.1 Å². The largest absolute Gasteiger partial charge is 0.481 e. The Morgan fingerprint density at radius 2 is 2.47 bits per heavy atom. The van der Waals surface area contributed by atoms with Crippen molar-refractivity contribution >= 4 is 29.1 Å². The van der Waals surface area contributed by atoms with Crippen LogP contribution in [0.3, 0.4) is 0 Å². The van der Waals surface area contributed by atoms with Crippen LogP contribution in [-0.2, 0) is 11.2 Å². The SMILES string of the molecule is Cc1ncsc1CCSC(C)CC(=O)O. The molecule has 0 aliphatic rings. The molecule has 1 unspecified atom stereocenters. The zero-order valence-corrected chi connectivity index (χ0v) is 10.5. The number of carboxylic acids is 1. The van der Waals surface area contributed by atoms with E-state index in [1.165, 1.54) is 4.88 Å². The average molecular weight is 245 g/mol. The van der Waals surface area contributed by atoms with Crippen LogP contribution in [0.5, 0.6) is 0 Å². The Morgan fingerprint density at radius 1 is 1.73 bits per heavy atom. The summed E-state index contributed by atoms with van der Waals surface area (Å²) in [6.45, 7) is 3.97. The molecule has 0 aliphatic heterocycles. The summed E-state index contributed by atoms with van der Waals surface area (Å²) >= 11 is 3.38. The number of hydrogen-bond acceptors (Lipinski definition) is 4. The number of aryl methyl sites for hydroxylation is 2. The van der Waals surface area contributed by atoms with Crippen LogP contribution in [0.15, 0.2) is 5.51 Å². The maximum atomic E-state index is 10.4. The molecule has 5 heteroatoms. The van der Waals surface area contributed by atoms with E-state index in [2.05, 4.69) is 4.98 Å². The van der Waals surface area contributed by atoms with Gasteiger partial charge in [-0.25, -0.2) is 4.98 Å². The molecule has 0 amide bonds. The lowest BCUT2D eigenvalue weighted by Gasteiger charge is -2.07. The lowest BCUT2D eigenvalue weighted by Crippen LogP contribution is -2.06. The summed E-state index contributed by atoms with van der Waals surface area (Å²) in [6.07, 6.45) is 1.23. The summed E-state index contributed by atoms with van der Waals surface area (Å²) in [7, 11) is 0. The van der Waals surface area contributed by atoms with Crippen molar-refractivity contribution in [2.24, 2.45) is 0 Å². The van der Waals surface area contributed by atoms with Crippen LogP contribution in [-0.4, -0.2) is 27.1 Å². The van der Waals surface area contributed by atoms with Crippen molar-refractivity contribution in [3.8, 4) is 0 Å². The molecule has 1 heterocycles. The molecule has 0 saturated carbocycles. The predicted molar refractivity (Wildman–Crippen MR) is 64.7 cm³/mol. The maximum Gasteiger partial charge on any atom is 0.304 e. The minimum atomic E-state index is -0.719. The molecule has 15 heavy (non-hydrogen) atoms. The monoisotopic (exact) mass is 245 g/mol. The van der Waals surface area contributed by atoms with Crippen LogP contribution >= 0.6 is 23.1 Å². The molecule has 1 aromatic heterocycles. The Bertz CT molecular complexity index is 325. The van der Waals surface area contributed by atoms with Gasteiger partial charge in [0.25, 0.3) is 0 Å². The van der Waals surface area contributed by atoms with Gasteiger partial charge in [0.2, 0.25) is 0 Å². The third-order valence-electron chi connectivity index (χ3n) is 2.04. The van der Waals surface area contributed by atoms with Gasteiger partial charge in [-0.3, -0.25) is 4.79 Å². The molecule has 0 saturated heterocycles. The summed E-state index contributed by atoms with van der Waals surface area (Å²) in [5.74, 6) is 0.251. The van der Waals surface area contributed by atoms with Crippen molar-refractivity contribution in [1.82, 2.24) is 4.98 Å². The molecule has 1 atom stereocenters. The first-order valence-corrected chi connectivity index (χ1v) is 6.74. The number of rotatable bonds is 6. The molecule has 1 aromatic rings. The molecule has 84 valence electrons. The molecule has 0 aromatic carbocycles. The Balaban J connectivity index is 2.22. The van der Waals surface area contributed by atoms with Crippen molar-refractivity contribution in [2.45, 2.75) is 31.9 Å². The van der Waals surface area contributed by atoms with Crippen LogP contribution in [0, 0.1) is 6.92 Å². The number of aromatic nitrogens is 1. The van der Waals surface area contributed by atoms with Gasteiger partial charge in [-0.15, -0.1) is 11.3 Å². The van der Waals surface area contributed by atoms with Gasteiger partial charge >= 0.3 is 5.97 Å². The van der Waals surface area contributed by atoms with Crippen LogP contribution in [0.2, 0.25) is 0 Å². The minimum absolute atomic E-state index is 0.190. The van der Waals surface area contributed by atoms with Gasteiger partial charge in [0, 0.05) is 10.1 Å². The number of nitrogens with zero attached hydrogens (tertiary/aromatic N) is 1. The second-order valence-corrected chi connectivity index (χ2v) is 5.88. The quantitative estimate of drug-likeness (QED) is 0.837. The molecule has 0 aliphatic carbocycles. The fourth-order valence-corrected chi connectivity index (χ4v) is 3.12. The van der Waals surface area contributed by atoms with Gasteiger partial charge in [0.1, 0.15) is 0 Å². The fourth-order valence-electron chi connectivity index (χ4n) is 1.22. The van der Waals surface area contributed by atoms with Gasteiger partial charge in [-0.1, -0.05) is 6.92 Å². The first-order valence-electron chi connectivity index (χ1n) is 4.82. The summed E-state index contributed by atoms with van der Waals surface area (Å²) in [6, 6.07) is 0. The molecule has 1 N–H and O–H groups in total. The Hall–Kier alpha value is -0.550. The van der Waals surface area contributed by atoms with Gasteiger partial charge < -0.3 is 5.11 Å². The Kier molecular flexibility index (Phi) is 5.11. The molecule has 0 fully saturated rings. The number of aliphatic carboxylic acids is 1. The number of hydrogen-bond donors (Lipinski definition) is 1. The molecule has 0 radical (unpaired) electrons. The van der Waals surface area contributed by atoms with Gasteiger partial charge in [0.05, 0.1) is 17.6 Å². The maximum absolute atomic E-state index is 10.4. The standard InChI is InChI=1S/C10H15NO2S2/c1-7(5-10(12)13)14-4-3-9-8(2)11-6-15-9/h6-7H,3-5H2,1-2H3,(H,12,13). The molecule has 1 rings (SSSR count). The van der Waals surface area contributed by atoms with E-state index in [1.807, 2.05) is 19.4 Å². The van der Waals surface area contributed by atoms with E-state index in [4.69, 9.17) is 5.11 Å². The van der Waals surface area contributed by atoms with Gasteiger partial charge in [0.15, 0.2) is 0 Å². The topological polar surface area (TPSA) is 50.2 Å². The van der Waals surface area contributed by atoms with E-state index >= 15 is 0 Å². The molecule has 3 nitrogen and oxygen atoms in total. The first-order chi connectivity index (χ1) is 7.09. The van der Waals surface area contributed by atoms with Crippen molar-refractivity contribution in [2.75, 3.05) is 5.75 Å². The van der Waals surface area contributed by atoms with Crippen molar-refractivity contribution < 1.29 is 9.90 Å². The van der Waals surface area contributed by atoms with Crippen LogP contribution < -0.4 is 0 Å². The summed E-state index contributed by atoms with van der Waals surface area (Å²) < 4.78 is 0. The highest BCUT2D eigenvalue weighted by Gasteiger charge is 2.08. The number of carboxylic acid groups (broad SMARTS) is 1. The first kappa shape index (κ1) is 12.5. The normalized spacial score (nSPS) is 12.7. The van der Waals surface area contributed by atoms with Gasteiger partial charge in [-0.05, 0) is 19.1 Å². The lowest BCUT2D eigenvalue weighted by molar-refractivity contribution is -0.136. The second kappa shape index (κ2) is 6.12. The third-order valence-corrected chi connectivity index (χ3v) is 4.21. The van der Waals surface area contributed by atoms with E-state index in [9.17, 15) is 4.79 Å². The number of thioether (sulfide) groups is 1. The zero-order valence-electron chi connectivity index (χ0n) is 8.90. The highest BCUT2D eigenvalue weighted by atomic mass is 32.2. The average Bonchev–Trinajstić information content (AvgIpc) is 2.50. The van der Waals surface area contributed by atoms with E-state index in [0.29, 0.717) is 0 Å². The molecule has 0 bridgehead atoms. The van der Waals surface area contributed by atoms with E-state index in [0.717, 1.165) is 17.9 Å². The van der Waals surface area contributed by atoms with Crippen molar-refractivity contribution in [3.63, 3.8) is 0 Å². The Morgan fingerprint density at radius 3 is 3.00 bits per heavy atom. The van der Waals surface area contributed by atoms with E-state index < -0.39 is 5.97 Å². The van der Waals surface area contributed by atoms with E-state index in [-0.39, 0.29) is 11.7 Å². The smallest absolute Gasteiger partial charge is 0.304 e. The number of thiazole rings is 1. The Labute approximate surface area is 97.9 Å². The lowest BCUT2D eigenvalue weighted by atomic mass is 10.3. The predicted octanol–water partition coefficient (Wildman–Crippen LogP) is 2.59. The van der Waals surface area contributed by atoms with Crippen LogP contribution in [0.25, 0.3) is 0 Å². The van der Waals surface area contributed by atoms with Crippen molar-refractivity contribution in [1.29, 1.82) is 0 Å². The number of carbonyl (C=O) groups is 1. The third kappa shape index (κ3) is 4.66. The van der Waals surface area contributed by atoms with E-state index in [1.54, 1.807) is 23.1 Å². The highest BCUT2D eigenvalue weighted by molar-refractivity contribution is 7.99. The van der Waals surface area contributed by atoms with Gasteiger partial charge in [-0.2, -0.15) is 11.8 Å². The molecular formula is C10H15NO2S2. The minimum Gasteiger partial charge on any atom is -0.481 e. The zero-order chi connectivity index (χ0) is 11.3. The second-order valence-electron chi connectivity index (χ2n) is 3.39. The molecular weight excluding hydrogens is 230 g/mol. The summed E-state index contributed by atoms with van der Waals surface area (Å²) in [5.41, 5.74) is 2.96. The van der Waals surface area contributed by atoms with Crippen LogP contribution in [0.4, 0.5) is 0 Å². The summed E-state index contributed by atoms with van der Waals surface area (Å²) in [4.78, 5) is 15.9. The fraction of sp³-hybridized carbons (Fsp3) is 0.600. The summed E-state index contributed by atoms with van der Waals surface area (Å²) in [5, 5.41) is 8.78. The highest BCUT2D eigenvalue weighted by Crippen LogP contribution is 2.19. The molecule has 0 spiro atoms. The van der Waals surface area contributed by atoms with Crippen LogP contribution in [0.1, 0.15) is 23.9 Å².